The van der Waals surface area contributed by atoms with Crippen molar-refractivity contribution in [1.29, 1.82) is 0 Å². The van der Waals surface area contributed by atoms with E-state index >= 15 is 0 Å². The summed E-state index contributed by atoms with van der Waals surface area (Å²) < 4.78 is 0. The van der Waals surface area contributed by atoms with E-state index in [9.17, 15) is 9.59 Å². The Bertz CT molecular complexity index is 796. The SMILES string of the molecule is Cc1ccc(NC(=O)CN2CCC(C(=O)Nc3ccccc3)CC2)cc1C. The van der Waals surface area contributed by atoms with Crippen molar-refractivity contribution in [2.75, 3.05) is 30.3 Å². The van der Waals surface area contributed by atoms with Gasteiger partial charge >= 0.3 is 0 Å². The van der Waals surface area contributed by atoms with Gasteiger partial charge in [-0.1, -0.05) is 24.3 Å². The first-order valence-corrected chi connectivity index (χ1v) is 9.46. The predicted molar refractivity (Wildman–Crippen MR) is 109 cm³/mol. The Labute approximate surface area is 160 Å². The lowest BCUT2D eigenvalue weighted by atomic mass is 9.96. The number of nitrogens with zero attached hydrogens (tertiary/aromatic N) is 1. The molecule has 142 valence electrons. The van der Waals surface area contributed by atoms with Crippen LogP contribution in [0.4, 0.5) is 11.4 Å². The molecule has 0 bridgehead atoms. The summed E-state index contributed by atoms with van der Waals surface area (Å²) in [4.78, 5) is 26.8. The molecule has 1 aliphatic heterocycles. The summed E-state index contributed by atoms with van der Waals surface area (Å²) in [5.74, 6) is 0.0649. The summed E-state index contributed by atoms with van der Waals surface area (Å²) in [6, 6.07) is 15.5. The number of carbonyl (C=O) groups is 2. The van der Waals surface area contributed by atoms with Crippen LogP contribution in [0.2, 0.25) is 0 Å². The van der Waals surface area contributed by atoms with E-state index in [4.69, 9.17) is 0 Å². The van der Waals surface area contributed by atoms with Crippen molar-refractivity contribution in [2.45, 2.75) is 26.7 Å². The Kier molecular flexibility index (Phi) is 6.24. The number of aryl methyl sites for hydroxylation is 2. The molecule has 2 amide bonds. The number of amides is 2. The highest BCUT2D eigenvalue weighted by molar-refractivity contribution is 5.93. The molecule has 0 radical (unpaired) electrons. The molecule has 1 saturated heterocycles. The van der Waals surface area contributed by atoms with E-state index < -0.39 is 0 Å². The maximum atomic E-state index is 12.4. The van der Waals surface area contributed by atoms with Crippen molar-refractivity contribution in [3.8, 4) is 0 Å². The third-order valence-electron chi connectivity index (χ3n) is 5.16. The monoisotopic (exact) mass is 365 g/mol. The molecular weight excluding hydrogens is 338 g/mol. The number of likely N-dealkylation sites (tertiary alicyclic amines) is 1. The molecule has 1 fully saturated rings. The number of hydrogen-bond donors (Lipinski definition) is 2. The van der Waals surface area contributed by atoms with Crippen LogP contribution in [0.1, 0.15) is 24.0 Å². The normalized spacial score (nSPS) is 15.3. The van der Waals surface area contributed by atoms with Gasteiger partial charge in [-0.2, -0.15) is 0 Å². The Balaban J connectivity index is 1.44. The fraction of sp³-hybridized carbons (Fsp3) is 0.364. The van der Waals surface area contributed by atoms with Gasteiger partial charge in [0.25, 0.3) is 0 Å². The molecule has 0 spiro atoms. The van der Waals surface area contributed by atoms with Gasteiger partial charge in [0.2, 0.25) is 11.8 Å². The van der Waals surface area contributed by atoms with E-state index in [0.717, 1.165) is 42.9 Å². The van der Waals surface area contributed by atoms with Crippen molar-refractivity contribution in [3.63, 3.8) is 0 Å². The minimum absolute atomic E-state index is 0.00395. The van der Waals surface area contributed by atoms with Gasteiger partial charge in [-0.25, -0.2) is 0 Å². The second-order valence-corrected chi connectivity index (χ2v) is 7.25. The quantitative estimate of drug-likeness (QED) is 0.851. The Morgan fingerprint density at radius 3 is 2.30 bits per heavy atom. The van der Waals surface area contributed by atoms with Crippen LogP contribution in [0.15, 0.2) is 48.5 Å². The topological polar surface area (TPSA) is 61.4 Å². The lowest BCUT2D eigenvalue weighted by molar-refractivity contribution is -0.121. The van der Waals surface area contributed by atoms with E-state index in [1.165, 1.54) is 5.56 Å². The zero-order chi connectivity index (χ0) is 19.2. The van der Waals surface area contributed by atoms with Gasteiger partial charge in [0.15, 0.2) is 0 Å². The smallest absolute Gasteiger partial charge is 0.238 e. The number of rotatable bonds is 5. The van der Waals surface area contributed by atoms with Crippen LogP contribution < -0.4 is 10.6 Å². The van der Waals surface area contributed by atoms with Crippen LogP contribution in [-0.2, 0) is 9.59 Å². The summed E-state index contributed by atoms with van der Waals surface area (Å²) in [6.07, 6.45) is 1.55. The first-order valence-electron chi connectivity index (χ1n) is 9.46. The van der Waals surface area contributed by atoms with Gasteiger partial charge in [0.05, 0.1) is 6.54 Å². The minimum atomic E-state index is -0.00885. The van der Waals surface area contributed by atoms with Crippen molar-refractivity contribution in [2.24, 2.45) is 5.92 Å². The highest BCUT2D eigenvalue weighted by atomic mass is 16.2. The predicted octanol–water partition coefficient (Wildman–Crippen LogP) is 3.59. The number of anilines is 2. The standard InChI is InChI=1S/C22H27N3O2/c1-16-8-9-20(14-17(16)2)23-21(26)15-25-12-10-18(11-13-25)22(27)24-19-6-4-3-5-7-19/h3-9,14,18H,10-13,15H2,1-2H3,(H,23,26)(H,24,27). The average molecular weight is 365 g/mol. The average Bonchev–Trinajstić information content (AvgIpc) is 2.66. The minimum Gasteiger partial charge on any atom is -0.326 e. The van der Waals surface area contributed by atoms with E-state index in [2.05, 4.69) is 22.5 Å². The van der Waals surface area contributed by atoms with Crippen LogP contribution in [0.25, 0.3) is 0 Å². The maximum Gasteiger partial charge on any atom is 0.238 e. The zero-order valence-corrected chi connectivity index (χ0v) is 16.0. The van der Waals surface area contributed by atoms with E-state index in [-0.39, 0.29) is 17.7 Å². The fourth-order valence-corrected chi connectivity index (χ4v) is 3.34. The van der Waals surface area contributed by atoms with Crippen LogP contribution in [-0.4, -0.2) is 36.3 Å². The van der Waals surface area contributed by atoms with E-state index in [0.29, 0.717) is 6.54 Å². The molecule has 5 nitrogen and oxygen atoms in total. The number of hydrogen-bond acceptors (Lipinski definition) is 3. The van der Waals surface area contributed by atoms with Gasteiger partial charge in [-0.05, 0) is 75.2 Å². The van der Waals surface area contributed by atoms with Crippen LogP contribution in [0.3, 0.4) is 0 Å². The summed E-state index contributed by atoms with van der Waals surface area (Å²) in [6.45, 7) is 5.97. The first-order chi connectivity index (χ1) is 13.0. The zero-order valence-electron chi connectivity index (χ0n) is 16.0. The summed E-state index contributed by atoms with van der Waals surface area (Å²) in [5.41, 5.74) is 4.04. The fourth-order valence-electron chi connectivity index (χ4n) is 3.34. The molecule has 0 atom stereocenters. The summed E-state index contributed by atoms with van der Waals surface area (Å²) >= 11 is 0. The molecule has 1 aliphatic rings. The summed E-state index contributed by atoms with van der Waals surface area (Å²) in [7, 11) is 0. The Hall–Kier alpha value is -2.66. The van der Waals surface area contributed by atoms with Gasteiger partial charge in [-0.3, -0.25) is 14.5 Å². The highest BCUT2D eigenvalue weighted by Crippen LogP contribution is 2.20. The van der Waals surface area contributed by atoms with Crippen LogP contribution in [0.5, 0.6) is 0 Å². The second-order valence-electron chi connectivity index (χ2n) is 7.25. The Morgan fingerprint density at radius 1 is 0.926 bits per heavy atom. The van der Waals surface area contributed by atoms with Gasteiger partial charge in [-0.15, -0.1) is 0 Å². The molecule has 2 aromatic rings. The molecule has 0 saturated carbocycles. The second kappa shape index (κ2) is 8.82. The number of para-hydroxylation sites is 1. The molecule has 2 N–H and O–H groups in total. The third kappa shape index (κ3) is 5.41. The molecule has 3 rings (SSSR count). The van der Waals surface area contributed by atoms with Crippen LogP contribution in [0, 0.1) is 19.8 Å². The van der Waals surface area contributed by atoms with Gasteiger partial charge in [0, 0.05) is 17.3 Å². The number of carbonyl (C=O) groups excluding carboxylic acids is 2. The van der Waals surface area contributed by atoms with Crippen LogP contribution >= 0.6 is 0 Å². The third-order valence-corrected chi connectivity index (χ3v) is 5.16. The number of nitrogens with one attached hydrogen (secondary N) is 2. The lowest BCUT2D eigenvalue weighted by Crippen LogP contribution is -2.41. The van der Waals surface area contributed by atoms with E-state index in [1.807, 2.05) is 55.5 Å². The molecule has 0 aliphatic carbocycles. The summed E-state index contributed by atoms with van der Waals surface area (Å²) in [5, 5.41) is 5.94. The highest BCUT2D eigenvalue weighted by Gasteiger charge is 2.26. The molecule has 0 aromatic heterocycles. The molecule has 2 aromatic carbocycles. The first kappa shape index (κ1) is 19.1. The lowest BCUT2D eigenvalue weighted by Gasteiger charge is -2.30. The van der Waals surface area contributed by atoms with Crippen molar-refractivity contribution >= 4 is 23.2 Å². The molecule has 1 heterocycles. The molecule has 27 heavy (non-hydrogen) atoms. The van der Waals surface area contributed by atoms with Crippen molar-refractivity contribution in [1.82, 2.24) is 4.90 Å². The number of benzene rings is 2. The van der Waals surface area contributed by atoms with Crippen molar-refractivity contribution in [3.05, 3.63) is 59.7 Å². The van der Waals surface area contributed by atoms with E-state index in [1.54, 1.807) is 0 Å². The molecular formula is C22H27N3O2. The van der Waals surface area contributed by atoms with Crippen molar-refractivity contribution < 1.29 is 9.59 Å². The van der Waals surface area contributed by atoms with Gasteiger partial charge in [0.1, 0.15) is 0 Å². The number of piperidine rings is 1. The molecule has 0 unspecified atom stereocenters. The van der Waals surface area contributed by atoms with Gasteiger partial charge < -0.3 is 10.6 Å². The Morgan fingerprint density at radius 2 is 1.63 bits per heavy atom. The molecule has 5 heteroatoms. The maximum absolute atomic E-state index is 12.4. The largest absolute Gasteiger partial charge is 0.326 e.